The highest BCUT2D eigenvalue weighted by molar-refractivity contribution is 7.10. The molecule has 0 amide bonds. The highest BCUT2D eigenvalue weighted by Crippen LogP contribution is 2.33. The number of hydrogen-bond donors (Lipinski definition) is 0. The zero-order valence-corrected chi connectivity index (χ0v) is 22.5. The lowest BCUT2D eigenvalue weighted by Gasteiger charge is -2.23. The van der Waals surface area contributed by atoms with E-state index >= 15 is 0 Å². The summed E-state index contributed by atoms with van der Waals surface area (Å²) in [6, 6.07) is 18.3. The fourth-order valence-electron chi connectivity index (χ4n) is 4.15. The molecule has 6 nitrogen and oxygen atoms in total. The molecule has 0 spiro atoms. The van der Waals surface area contributed by atoms with E-state index < -0.39 is 12.0 Å². The zero-order chi connectivity index (χ0) is 25.9. The molecule has 3 heterocycles. The number of carbonyl (C=O) groups excluding carboxylic acids is 1. The number of fused-ring (bicyclic) bond motifs is 1. The molecule has 0 N–H and O–H groups in total. The SMILES string of the molecule is CCOC(=O)C1=C(C)N=c2s/c(=C/c3ccccc3OCc3ccccc3Cl)c(=O)n2[C@H]1c1cccs1. The van der Waals surface area contributed by atoms with Crippen LogP contribution in [-0.4, -0.2) is 17.1 Å². The predicted molar refractivity (Wildman–Crippen MR) is 147 cm³/mol. The largest absolute Gasteiger partial charge is 0.488 e. The van der Waals surface area contributed by atoms with Crippen molar-refractivity contribution in [2.45, 2.75) is 26.5 Å². The van der Waals surface area contributed by atoms with Crippen molar-refractivity contribution in [2.24, 2.45) is 4.99 Å². The minimum atomic E-state index is -0.593. The van der Waals surface area contributed by atoms with Gasteiger partial charge in [-0.15, -0.1) is 11.3 Å². The lowest BCUT2D eigenvalue weighted by Crippen LogP contribution is -2.39. The van der Waals surface area contributed by atoms with Crippen molar-refractivity contribution < 1.29 is 14.3 Å². The Balaban J connectivity index is 1.58. The van der Waals surface area contributed by atoms with E-state index in [1.807, 2.05) is 66.0 Å². The molecule has 37 heavy (non-hydrogen) atoms. The average molecular weight is 551 g/mol. The van der Waals surface area contributed by atoms with Crippen LogP contribution >= 0.6 is 34.3 Å². The van der Waals surface area contributed by atoms with Gasteiger partial charge < -0.3 is 9.47 Å². The number of rotatable bonds is 7. The molecule has 9 heteroatoms. The Labute approximate surface area is 226 Å². The molecule has 0 saturated heterocycles. The van der Waals surface area contributed by atoms with Gasteiger partial charge in [0.2, 0.25) is 0 Å². The highest BCUT2D eigenvalue weighted by Gasteiger charge is 2.33. The van der Waals surface area contributed by atoms with Crippen molar-refractivity contribution in [3.05, 3.63) is 118 Å². The fourth-order valence-corrected chi connectivity index (χ4v) is 6.20. The summed E-state index contributed by atoms with van der Waals surface area (Å²) in [5.74, 6) is 0.168. The van der Waals surface area contributed by atoms with Crippen LogP contribution in [0.3, 0.4) is 0 Å². The standard InChI is InChI=1S/C28H23ClN2O4S2/c1-3-34-27(33)24-17(2)30-28-31(25(24)22-13-8-14-36-22)26(32)23(37-28)15-18-9-5-7-12-21(18)35-16-19-10-4-6-11-20(19)29/h4-15,25H,3,16H2,1-2H3/b23-15+/t25-/m0/s1. The summed E-state index contributed by atoms with van der Waals surface area (Å²) in [6.45, 7) is 4.07. The van der Waals surface area contributed by atoms with Gasteiger partial charge in [-0.2, -0.15) is 0 Å². The molecule has 1 aliphatic heterocycles. The van der Waals surface area contributed by atoms with Gasteiger partial charge in [0.05, 0.1) is 22.4 Å². The van der Waals surface area contributed by atoms with E-state index in [1.54, 1.807) is 24.5 Å². The van der Waals surface area contributed by atoms with Gasteiger partial charge in [-0.1, -0.05) is 65.4 Å². The topological polar surface area (TPSA) is 69.9 Å². The van der Waals surface area contributed by atoms with Gasteiger partial charge in [0.25, 0.3) is 5.56 Å². The maximum Gasteiger partial charge on any atom is 0.338 e. The van der Waals surface area contributed by atoms with Gasteiger partial charge in [-0.25, -0.2) is 9.79 Å². The van der Waals surface area contributed by atoms with Crippen LogP contribution in [0.4, 0.5) is 0 Å². The van der Waals surface area contributed by atoms with Crippen LogP contribution in [0.1, 0.15) is 35.9 Å². The van der Waals surface area contributed by atoms with E-state index in [1.165, 1.54) is 22.7 Å². The van der Waals surface area contributed by atoms with Crippen LogP contribution in [0.5, 0.6) is 5.75 Å². The number of thiophene rings is 1. The first kappa shape index (κ1) is 25.2. The average Bonchev–Trinajstić information content (AvgIpc) is 3.52. The normalized spacial score (nSPS) is 15.3. The summed E-state index contributed by atoms with van der Waals surface area (Å²) < 4.78 is 13.5. The molecule has 0 unspecified atom stereocenters. The molecule has 1 atom stereocenters. The Morgan fingerprint density at radius 2 is 1.92 bits per heavy atom. The second kappa shape index (κ2) is 10.9. The summed E-state index contributed by atoms with van der Waals surface area (Å²) in [5.41, 5.74) is 2.34. The molecule has 2 aromatic carbocycles. The van der Waals surface area contributed by atoms with E-state index in [-0.39, 0.29) is 12.2 Å². The molecule has 0 aliphatic carbocycles. The fraction of sp³-hybridized carbons (Fsp3) is 0.179. The lowest BCUT2D eigenvalue weighted by molar-refractivity contribution is -0.139. The maximum absolute atomic E-state index is 13.7. The van der Waals surface area contributed by atoms with E-state index in [4.69, 9.17) is 21.1 Å². The minimum Gasteiger partial charge on any atom is -0.488 e. The molecular formula is C28H23ClN2O4S2. The van der Waals surface area contributed by atoms with Gasteiger partial charge in [0.15, 0.2) is 4.80 Å². The third-order valence-corrected chi connectivity index (χ3v) is 8.15. The first-order valence-corrected chi connectivity index (χ1v) is 13.7. The van der Waals surface area contributed by atoms with Gasteiger partial charge in [-0.3, -0.25) is 9.36 Å². The number of aromatic nitrogens is 1. The summed E-state index contributed by atoms with van der Waals surface area (Å²) >= 11 is 9.05. The first-order chi connectivity index (χ1) is 18.0. The summed E-state index contributed by atoms with van der Waals surface area (Å²) in [4.78, 5) is 32.7. The van der Waals surface area contributed by atoms with Crippen molar-refractivity contribution in [2.75, 3.05) is 6.61 Å². The van der Waals surface area contributed by atoms with Crippen LogP contribution in [-0.2, 0) is 16.1 Å². The number of benzene rings is 2. The van der Waals surface area contributed by atoms with Crippen molar-refractivity contribution >= 4 is 46.3 Å². The number of nitrogens with zero attached hydrogens (tertiary/aromatic N) is 2. The maximum atomic E-state index is 13.7. The number of allylic oxidation sites excluding steroid dienone is 1. The third-order valence-electron chi connectivity index (χ3n) is 5.88. The molecule has 5 rings (SSSR count). The molecule has 0 fully saturated rings. The molecule has 0 saturated carbocycles. The minimum absolute atomic E-state index is 0.225. The second-order valence-corrected chi connectivity index (χ2v) is 10.6. The Hall–Kier alpha value is -3.46. The second-order valence-electron chi connectivity index (χ2n) is 8.24. The van der Waals surface area contributed by atoms with E-state index in [0.29, 0.717) is 38.0 Å². The molecule has 1 aliphatic rings. The zero-order valence-electron chi connectivity index (χ0n) is 20.1. The van der Waals surface area contributed by atoms with Crippen molar-refractivity contribution in [3.63, 3.8) is 0 Å². The predicted octanol–water partition coefficient (Wildman–Crippen LogP) is 5.09. The molecule has 0 radical (unpaired) electrons. The molecule has 0 bridgehead atoms. The molecule has 2 aromatic heterocycles. The third kappa shape index (κ3) is 5.05. The Morgan fingerprint density at radius 1 is 1.14 bits per heavy atom. The monoisotopic (exact) mass is 550 g/mol. The Bertz CT molecular complexity index is 1670. The van der Waals surface area contributed by atoms with Crippen LogP contribution in [0.15, 0.2) is 87.1 Å². The van der Waals surface area contributed by atoms with Crippen LogP contribution in [0, 0.1) is 0 Å². The quantitative estimate of drug-likeness (QED) is 0.300. The highest BCUT2D eigenvalue weighted by atomic mass is 35.5. The van der Waals surface area contributed by atoms with Gasteiger partial charge in [0.1, 0.15) is 18.4 Å². The van der Waals surface area contributed by atoms with Crippen molar-refractivity contribution in [1.29, 1.82) is 0 Å². The number of para-hydroxylation sites is 1. The van der Waals surface area contributed by atoms with Crippen LogP contribution < -0.4 is 19.6 Å². The van der Waals surface area contributed by atoms with Crippen molar-refractivity contribution in [1.82, 2.24) is 4.57 Å². The van der Waals surface area contributed by atoms with E-state index in [0.717, 1.165) is 16.0 Å². The van der Waals surface area contributed by atoms with E-state index in [2.05, 4.69) is 4.99 Å². The summed E-state index contributed by atoms with van der Waals surface area (Å²) in [7, 11) is 0. The number of esters is 1. The smallest absolute Gasteiger partial charge is 0.338 e. The first-order valence-electron chi connectivity index (χ1n) is 11.7. The Morgan fingerprint density at radius 3 is 2.68 bits per heavy atom. The Kier molecular flexibility index (Phi) is 7.41. The van der Waals surface area contributed by atoms with Crippen molar-refractivity contribution in [3.8, 4) is 5.75 Å². The molecular weight excluding hydrogens is 528 g/mol. The van der Waals surface area contributed by atoms with Crippen LogP contribution in [0.2, 0.25) is 5.02 Å². The van der Waals surface area contributed by atoms with Gasteiger partial charge in [-0.05, 0) is 43.5 Å². The van der Waals surface area contributed by atoms with E-state index in [9.17, 15) is 9.59 Å². The number of thiazole rings is 1. The number of hydrogen-bond acceptors (Lipinski definition) is 7. The van der Waals surface area contributed by atoms with Gasteiger partial charge >= 0.3 is 5.97 Å². The number of carbonyl (C=O) groups is 1. The molecule has 4 aromatic rings. The molecule has 188 valence electrons. The lowest BCUT2D eigenvalue weighted by atomic mass is 10.0. The van der Waals surface area contributed by atoms with Gasteiger partial charge in [0, 0.05) is 21.0 Å². The van der Waals surface area contributed by atoms with Crippen LogP contribution in [0.25, 0.3) is 6.08 Å². The number of halogens is 1. The summed E-state index contributed by atoms with van der Waals surface area (Å²) in [6.07, 6.45) is 1.81. The number of ether oxygens (including phenoxy) is 2. The summed E-state index contributed by atoms with van der Waals surface area (Å²) in [5, 5.41) is 2.56.